The molecular formula is C26H27ClFN3O2. The number of hydrogen-bond acceptors (Lipinski definition) is 5. The van der Waals surface area contributed by atoms with Crippen molar-refractivity contribution in [1.29, 1.82) is 5.26 Å². The Morgan fingerprint density at radius 1 is 0.970 bits per heavy atom. The number of aliphatic hydroxyl groups is 1. The summed E-state index contributed by atoms with van der Waals surface area (Å²) in [5.74, 6) is 0.378. The average molecular weight is 468 g/mol. The van der Waals surface area contributed by atoms with E-state index in [0.717, 1.165) is 49.0 Å². The van der Waals surface area contributed by atoms with E-state index >= 15 is 0 Å². The van der Waals surface area contributed by atoms with Gasteiger partial charge in [-0.05, 0) is 48.0 Å². The highest BCUT2D eigenvalue weighted by atomic mass is 35.5. The zero-order valence-corrected chi connectivity index (χ0v) is 19.1. The van der Waals surface area contributed by atoms with Gasteiger partial charge < -0.3 is 14.7 Å². The fourth-order valence-electron chi connectivity index (χ4n) is 3.54. The number of aliphatic hydroxyl groups excluding tert-OH is 1. The molecule has 33 heavy (non-hydrogen) atoms. The van der Waals surface area contributed by atoms with Crippen molar-refractivity contribution in [2.45, 2.75) is 6.54 Å². The van der Waals surface area contributed by atoms with Crippen LogP contribution in [0.3, 0.4) is 0 Å². The van der Waals surface area contributed by atoms with Crippen LogP contribution in [0.15, 0.2) is 72.8 Å². The van der Waals surface area contributed by atoms with Gasteiger partial charge in [0.1, 0.15) is 24.2 Å². The molecule has 0 bridgehead atoms. The Hall–Kier alpha value is -3.11. The smallest absolute Gasteiger partial charge is 0.123 e. The quantitative estimate of drug-likeness (QED) is 0.568. The van der Waals surface area contributed by atoms with Gasteiger partial charge in [0.05, 0.1) is 17.9 Å². The highest BCUT2D eigenvalue weighted by Gasteiger charge is 2.20. The highest BCUT2D eigenvalue weighted by Crippen LogP contribution is 2.26. The summed E-state index contributed by atoms with van der Waals surface area (Å²) in [4.78, 5) is 4.53. The van der Waals surface area contributed by atoms with Crippen molar-refractivity contribution in [3.8, 4) is 11.8 Å². The maximum Gasteiger partial charge on any atom is 0.123 e. The SMILES string of the molecule is Clc1ccccc1.N#Cc1cc(OCCO)ccc1N1CCN(Cc2ccc(F)cc2)CC1. The first-order valence-corrected chi connectivity index (χ1v) is 11.2. The topological polar surface area (TPSA) is 59.7 Å². The van der Waals surface area contributed by atoms with Crippen molar-refractivity contribution in [1.82, 2.24) is 4.90 Å². The normalized spacial score (nSPS) is 13.6. The van der Waals surface area contributed by atoms with Crippen LogP contribution < -0.4 is 9.64 Å². The molecule has 7 heteroatoms. The fourth-order valence-corrected chi connectivity index (χ4v) is 3.69. The number of nitrogens with zero attached hydrogens (tertiary/aromatic N) is 3. The Morgan fingerprint density at radius 3 is 2.24 bits per heavy atom. The molecular weight excluding hydrogens is 441 g/mol. The standard InChI is InChI=1S/C20H22FN3O2.C6H5Cl/c21-18-3-1-16(2-4-18)15-23-7-9-24(10-8-23)20-6-5-19(26-12-11-25)13-17(20)14-22;7-6-4-2-1-3-5-6/h1-6,13,25H,7-12,15H2;1-5H. The Balaban J connectivity index is 0.000000374. The molecule has 0 aliphatic carbocycles. The molecule has 1 aliphatic rings. The number of anilines is 1. The van der Waals surface area contributed by atoms with Gasteiger partial charge in [0.25, 0.3) is 0 Å². The van der Waals surface area contributed by atoms with E-state index in [1.165, 1.54) is 12.1 Å². The number of nitriles is 1. The summed E-state index contributed by atoms with van der Waals surface area (Å²) in [6, 6.07) is 23.8. The van der Waals surface area contributed by atoms with E-state index in [1.807, 2.05) is 54.6 Å². The van der Waals surface area contributed by atoms with Gasteiger partial charge in [0, 0.05) is 37.7 Å². The van der Waals surface area contributed by atoms with E-state index in [-0.39, 0.29) is 19.0 Å². The molecule has 1 N–H and O–H groups in total. The molecule has 0 amide bonds. The van der Waals surface area contributed by atoms with Gasteiger partial charge in [-0.25, -0.2) is 4.39 Å². The molecule has 1 fully saturated rings. The van der Waals surface area contributed by atoms with Crippen LogP contribution in [0, 0.1) is 17.1 Å². The third-order valence-corrected chi connectivity index (χ3v) is 5.47. The lowest BCUT2D eigenvalue weighted by molar-refractivity contribution is 0.201. The monoisotopic (exact) mass is 467 g/mol. The predicted octanol–water partition coefficient (Wildman–Crippen LogP) is 4.73. The van der Waals surface area contributed by atoms with Crippen LogP contribution in [0.4, 0.5) is 10.1 Å². The molecule has 1 saturated heterocycles. The van der Waals surface area contributed by atoms with E-state index in [9.17, 15) is 9.65 Å². The molecule has 3 aromatic rings. The molecule has 1 heterocycles. The molecule has 0 unspecified atom stereocenters. The number of benzene rings is 3. The second-order valence-electron chi connectivity index (χ2n) is 7.55. The number of piperazine rings is 1. The summed E-state index contributed by atoms with van der Waals surface area (Å²) in [5.41, 5.74) is 2.58. The molecule has 0 spiro atoms. The largest absolute Gasteiger partial charge is 0.491 e. The van der Waals surface area contributed by atoms with Crippen LogP contribution in [0.25, 0.3) is 0 Å². The Morgan fingerprint density at radius 2 is 1.67 bits per heavy atom. The predicted molar refractivity (Wildman–Crippen MR) is 129 cm³/mol. The minimum Gasteiger partial charge on any atom is -0.491 e. The van der Waals surface area contributed by atoms with Crippen molar-refractivity contribution in [3.63, 3.8) is 0 Å². The lowest BCUT2D eigenvalue weighted by Crippen LogP contribution is -2.46. The molecule has 3 aromatic carbocycles. The Kier molecular flexibility index (Phi) is 9.52. The van der Waals surface area contributed by atoms with Crippen molar-refractivity contribution >= 4 is 17.3 Å². The number of ether oxygens (including phenoxy) is 1. The van der Waals surface area contributed by atoms with Gasteiger partial charge in [-0.2, -0.15) is 5.26 Å². The summed E-state index contributed by atoms with van der Waals surface area (Å²) in [5, 5.41) is 19.1. The molecule has 0 radical (unpaired) electrons. The minimum absolute atomic E-state index is 0.0559. The summed E-state index contributed by atoms with van der Waals surface area (Å²) in [7, 11) is 0. The molecule has 1 aliphatic heterocycles. The van der Waals surface area contributed by atoms with Gasteiger partial charge >= 0.3 is 0 Å². The van der Waals surface area contributed by atoms with Gasteiger partial charge in [-0.1, -0.05) is 41.9 Å². The second-order valence-corrected chi connectivity index (χ2v) is 7.98. The fraction of sp³-hybridized carbons (Fsp3) is 0.269. The van der Waals surface area contributed by atoms with Crippen LogP contribution in [-0.2, 0) is 6.54 Å². The van der Waals surface area contributed by atoms with Crippen molar-refractivity contribution in [3.05, 3.63) is 94.8 Å². The zero-order chi connectivity index (χ0) is 23.5. The highest BCUT2D eigenvalue weighted by molar-refractivity contribution is 6.30. The summed E-state index contributed by atoms with van der Waals surface area (Å²) >= 11 is 5.54. The first kappa shape index (κ1) is 24.5. The summed E-state index contributed by atoms with van der Waals surface area (Å²) in [6.07, 6.45) is 0. The molecule has 4 rings (SSSR count). The number of hydrogen-bond donors (Lipinski definition) is 1. The van der Waals surface area contributed by atoms with E-state index in [4.69, 9.17) is 21.4 Å². The molecule has 0 atom stereocenters. The second kappa shape index (κ2) is 12.8. The average Bonchev–Trinajstić information content (AvgIpc) is 2.85. The third kappa shape index (κ3) is 7.76. The minimum atomic E-state index is -0.214. The van der Waals surface area contributed by atoms with Crippen molar-refractivity contribution < 1.29 is 14.2 Å². The van der Waals surface area contributed by atoms with E-state index in [0.29, 0.717) is 11.3 Å². The third-order valence-electron chi connectivity index (χ3n) is 5.21. The van der Waals surface area contributed by atoms with Crippen LogP contribution in [0.1, 0.15) is 11.1 Å². The van der Waals surface area contributed by atoms with Crippen LogP contribution in [0.2, 0.25) is 5.02 Å². The lowest BCUT2D eigenvalue weighted by Gasteiger charge is -2.36. The number of rotatable bonds is 6. The molecule has 0 saturated carbocycles. The van der Waals surface area contributed by atoms with E-state index < -0.39 is 0 Å². The van der Waals surface area contributed by atoms with Gasteiger partial charge in [-0.15, -0.1) is 0 Å². The Bertz CT molecular complexity index is 1030. The van der Waals surface area contributed by atoms with Gasteiger partial charge in [0.15, 0.2) is 0 Å². The molecule has 172 valence electrons. The molecule has 5 nitrogen and oxygen atoms in total. The molecule has 0 aromatic heterocycles. The van der Waals surface area contributed by atoms with Crippen molar-refractivity contribution in [2.24, 2.45) is 0 Å². The summed E-state index contributed by atoms with van der Waals surface area (Å²) < 4.78 is 18.4. The van der Waals surface area contributed by atoms with Crippen LogP contribution in [-0.4, -0.2) is 49.4 Å². The lowest BCUT2D eigenvalue weighted by atomic mass is 10.1. The number of halogens is 2. The first-order chi connectivity index (χ1) is 16.1. The zero-order valence-electron chi connectivity index (χ0n) is 18.3. The van der Waals surface area contributed by atoms with Crippen LogP contribution >= 0.6 is 11.6 Å². The van der Waals surface area contributed by atoms with E-state index in [2.05, 4.69) is 15.9 Å². The first-order valence-electron chi connectivity index (χ1n) is 10.8. The maximum absolute atomic E-state index is 13.0. The van der Waals surface area contributed by atoms with E-state index in [1.54, 1.807) is 6.07 Å². The maximum atomic E-state index is 13.0. The Labute approximate surface area is 199 Å². The van der Waals surface area contributed by atoms with Gasteiger partial charge in [-0.3, -0.25) is 4.90 Å². The van der Waals surface area contributed by atoms with Gasteiger partial charge in [0.2, 0.25) is 0 Å². The van der Waals surface area contributed by atoms with Crippen molar-refractivity contribution in [2.75, 3.05) is 44.3 Å². The van der Waals surface area contributed by atoms with Crippen LogP contribution in [0.5, 0.6) is 5.75 Å². The summed E-state index contributed by atoms with van der Waals surface area (Å²) in [6.45, 7) is 4.37.